The summed E-state index contributed by atoms with van der Waals surface area (Å²) < 4.78 is 11.8. The minimum Gasteiger partial charge on any atom is -0.486 e. The van der Waals surface area contributed by atoms with Gasteiger partial charge in [0.1, 0.15) is 18.5 Å². The maximum absolute atomic E-state index is 12.1. The molecule has 0 aromatic heterocycles. The maximum atomic E-state index is 12.1. The predicted molar refractivity (Wildman–Crippen MR) is 85.4 cm³/mol. The number of benzene rings is 1. The molecule has 2 heterocycles. The Morgan fingerprint density at radius 3 is 2.86 bits per heavy atom. The van der Waals surface area contributed by atoms with Gasteiger partial charge < -0.3 is 9.47 Å². The summed E-state index contributed by atoms with van der Waals surface area (Å²) in [5, 5.41) is 0. The second kappa shape index (κ2) is 6.29. The number of rotatable bonds is 4. The largest absolute Gasteiger partial charge is 0.486 e. The lowest BCUT2D eigenvalue weighted by molar-refractivity contribution is -0.130. The number of para-hydroxylation sites is 2. The van der Waals surface area contributed by atoms with Crippen LogP contribution in [0.5, 0.6) is 11.5 Å². The smallest absolute Gasteiger partial charge is 0.161 e. The molecule has 4 heteroatoms. The Balaban J connectivity index is 1.63. The molecule has 1 aromatic carbocycles. The lowest BCUT2D eigenvalue weighted by Gasteiger charge is -2.42. The SMILES string of the molecule is CCC1(C(C)=O)CCCN(CC2COc3ccccc3O2)C1. The summed E-state index contributed by atoms with van der Waals surface area (Å²) in [4.78, 5) is 14.4. The van der Waals surface area contributed by atoms with Crippen molar-refractivity contribution in [3.8, 4) is 11.5 Å². The number of likely N-dealkylation sites (tertiary alicyclic amines) is 1. The summed E-state index contributed by atoms with van der Waals surface area (Å²) in [7, 11) is 0. The third-order valence-electron chi connectivity index (χ3n) is 5.11. The third kappa shape index (κ3) is 2.98. The van der Waals surface area contributed by atoms with Crippen LogP contribution in [0.2, 0.25) is 0 Å². The average Bonchev–Trinajstić information content (AvgIpc) is 2.54. The van der Waals surface area contributed by atoms with Gasteiger partial charge >= 0.3 is 0 Å². The standard InChI is InChI=1S/C18H25NO3/c1-3-18(14(2)20)9-6-10-19(13-18)11-15-12-21-16-7-4-5-8-17(16)22-15/h4-5,7-8,15H,3,6,9-13H2,1-2H3. The average molecular weight is 303 g/mol. The molecule has 1 fully saturated rings. The Morgan fingerprint density at radius 1 is 1.36 bits per heavy atom. The number of Topliss-reactive ketones (excluding diaryl/α,β-unsaturated/α-hetero) is 1. The molecule has 0 radical (unpaired) electrons. The van der Waals surface area contributed by atoms with Crippen LogP contribution in [0.15, 0.2) is 24.3 Å². The molecule has 3 rings (SSSR count). The predicted octanol–water partition coefficient (Wildman–Crippen LogP) is 2.91. The molecule has 4 nitrogen and oxygen atoms in total. The van der Waals surface area contributed by atoms with Crippen molar-refractivity contribution in [2.24, 2.45) is 5.41 Å². The highest BCUT2D eigenvalue weighted by Gasteiger charge is 2.39. The number of nitrogens with zero attached hydrogens (tertiary/aromatic N) is 1. The van der Waals surface area contributed by atoms with Crippen LogP contribution < -0.4 is 9.47 Å². The van der Waals surface area contributed by atoms with Crippen molar-refractivity contribution in [2.75, 3.05) is 26.2 Å². The molecule has 0 bridgehead atoms. The number of hydrogen-bond donors (Lipinski definition) is 0. The van der Waals surface area contributed by atoms with Crippen LogP contribution in [-0.4, -0.2) is 43.0 Å². The van der Waals surface area contributed by atoms with E-state index in [1.807, 2.05) is 24.3 Å². The number of carbonyl (C=O) groups excluding carboxylic acids is 1. The lowest BCUT2D eigenvalue weighted by Crippen LogP contribution is -2.50. The van der Waals surface area contributed by atoms with E-state index in [1.165, 1.54) is 0 Å². The fraction of sp³-hybridized carbons (Fsp3) is 0.611. The van der Waals surface area contributed by atoms with E-state index in [-0.39, 0.29) is 11.5 Å². The molecule has 2 atom stereocenters. The van der Waals surface area contributed by atoms with Crippen molar-refractivity contribution >= 4 is 5.78 Å². The number of fused-ring (bicyclic) bond motifs is 1. The van der Waals surface area contributed by atoms with Crippen LogP contribution in [0, 0.1) is 5.41 Å². The van der Waals surface area contributed by atoms with Crippen molar-refractivity contribution in [2.45, 2.75) is 39.2 Å². The van der Waals surface area contributed by atoms with Crippen LogP contribution >= 0.6 is 0 Å². The van der Waals surface area contributed by atoms with Crippen molar-refractivity contribution in [1.29, 1.82) is 0 Å². The molecule has 0 saturated carbocycles. The minimum atomic E-state index is -0.161. The van der Waals surface area contributed by atoms with Crippen molar-refractivity contribution in [1.82, 2.24) is 4.90 Å². The first-order valence-electron chi connectivity index (χ1n) is 8.25. The summed E-state index contributed by atoms with van der Waals surface area (Å²) >= 11 is 0. The van der Waals surface area contributed by atoms with Gasteiger partial charge in [-0.15, -0.1) is 0 Å². The van der Waals surface area contributed by atoms with E-state index < -0.39 is 0 Å². The third-order valence-corrected chi connectivity index (χ3v) is 5.11. The zero-order chi connectivity index (χ0) is 15.6. The maximum Gasteiger partial charge on any atom is 0.161 e. The van der Waals surface area contributed by atoms with Crippen LogP contribution in [0.25, 0.3) is 0 Å². The Labute approximate surface area is 132 Å². The van der Waals surface area contributed by atoms with Crippen LogP contribution in [0.3, 0.4) is 0 Å². The number of carbonyl (C=O) groups is 1. The fourth-order valence-corrected chi connectivity index (χ4v) is 3.65. The number of ether oxygens (including phenoxy) is 2. The van der Waals surface area contributed by atoms with Gasteiger partial charge in [-0.25, -0.2) is 0 Å². The molecule has 1 saturated heterocycles. The topological polar surface area (TPSA) is 38.8 Å². The fourth-order valence-electron chi connectivity index (χ4n) is 3.65. The normalized spacial score (nSPS) is 28.4. The minimum absolute atomic E-state index is 0.0366. The first-order valence-corrected chi connectivity index (χ1v) is 8.25. The highest BCUT2D eigenvalue weighted by molar-refractivity contribution is 5.82. The Hall–Kier alpha value is -1.55. The molecule has 2 aliphatic rings. The van der Waals surface area contributed by atoms with Crippen LogP contribution in [0.4, 0.5) is 0 Å². The van der Waals surface area contributed by atoms with Gasteiger partial charge in [-0.3, -0.25) is 9.69 Å². The Morgan fingerprint density at radius 2 is 2.14 bits per heavy atom. The van der Waals surface area contributed by atoms with Crippen molar-refractivity contribution in [3.05, 3.63) is 24.3 Å². The molecule has 0 spiro atoms. The highest BCUT2D eigenvalue weighted by Crippen LogP contribution is 2.35. The molecule has 0 aliphatic carbocycles. The summed E-state index contributed by atoms with van der Waals surface area (Å²) in [6.45, 7) is 7.15. The van der Waals surface area contributed by atoms with Crippen molar-refractivity contribution in [3.63, 3.8) is 0 Å². The van der Waals surface area contributed by atoms with E-state index >= 15 is 0 Å². The molecular weight excluding hydrogens is 278 g/mol. The van der Waals surface area contributed by atoms with E-state index in [0.717, 1.165) is 50.4 Å². The van der Waals surface area contributed by atoms with E-state index in [1.54, 1.807) is 6.92 Å². The lowest BCUT2D eigenvalue weighted by atomic mass is 9.74. The molecule has 0 N–H and O–H groups in total. The number of ketones is 1. The van der Waals surface area contributed by atoms with E-state index in [0.29, 0.717) is 12.4 Å². The van der Waals surface area contributed by atoms with E-state index in [2.05, 4.69) is 11.8 Å². The first kappa shape index (κ1) is 15.3. The van der Waals surface area contributed by atoms with Gasteiger partial charge in [-0.2, -0.15) is 0 Å². The monoisotopic (exact) mass is 303 g/mol. The Kier molecular flexibility index (Phi) is 4.39. The summed E-state index contributed by atoms with van der Waals surface area (Å²) in [6, 6.07) is 7.80. The van der Waals surface area contributed by atoms with Gasteiger partial charge in [0.25, 0.3) is 0 Å². The number of piperidine rings is 1. The van der Waals surface area contributed by atoms with E-state index in [4.69, 9.17) is 9.47 Å². The molecule has 1 aromatic rings. The molecule has 22 heavy (non-hydrogen) atoms. The first-order chi connectivity index (χ1) is 10.6. The Bertz CT molecular complexity index is 545. The second-order valence-electron chi connectivity index (χ2n) is 6.53. The zero-order valence-electron chi connectivity index (χ0n) is 13.5. The summed E-state index contributed by atoms with van der Waals surface area (Å²) in [5.41, 5.74) is -0.161. The van der Waals surface area contributed by atoms with Gasteiger partial charge in [0.15, 0.2) is 11.5 Å². The van der Waals surface area contributed by atoms with Crippen LogP contribution in [-0.2, 0) is 4.79 Å². The van der Waals surface area contributed by atoms with Gasteiger partial charge in [0, 0.05) is 18.5 Å². The number of hydrogen-bond acceptors (Lipinski definition) is 4. The van der Waals surface area contributed by atoms with E-state index in [9.17, 15) is 4.79 Å². The quantitative estimate of drug-likeness (QED) is 0.857. The molecule has 2 aliphatic heterocycles. The molecule has 2 unspecified atom stereocenters. The second-order valence-corrected chi connectivity index (χ2v) is 6.53. The highest BCUT2D eigenvalue weighted by atomic mass is 16.6. The van der Waals surface area contributed by atoms with Gasteiger partial charge in [-0.1, -0.05) is 19.1 Å². The van der Waals surface area contributed by atoms with Crippen LogP contribution in [0.1, 0.15) is 33.1 Å². The van der Waals surface area contributed by atoms with Gasteiger partial charge in [0.2, 0.25) is 0 Å². The summed E-state index contributed by atoms with van der Waals surface area (Å²) in [6.07, 6.45) is 3.05. The zero-order valence-corrected chi connectivity index (χ0v) is 13.5. The summed E-state index contributed by atoms with van der Waals surface area (Å²) in [5.74, 6) is 1.97. The molecule has 0 amide bonds. The van der Waals surface area contributed by atoms with Gasteiger partial charge in [-0.05, 0) is 44.9 Å². The molecular formula is C18H25NO3. The van der Waals surface area contributed by atoms with Crippen molar-refractivity contribution < 1.29 is 14.3 Å². The molecule has 120 valence electrons. The van der Waals surface area contributed by atoms with Gasteiger partial charge in [0.05, 0.1) is 0 Å².